The van der Waals surface area contributed by atoms with Crippen molar-refractivity contribution in [2.75, 3.05) is 6.54 Å². The number of rotatable bonds is 0. The van der Waals surface area contributed by atoms with Gasteiger partial charge in [0.1, 0.15) is 5.76 Å². The first-order valence-corrected chi connectivity index (χ1v) is 8.56. The summed E-state index contributed by atoms with van der Waals surface area (Å²) in [6.45, 7) is 0.752. The van der Waals surface area contributed by atoms with Gasteiger partial charge in [-0.05, 0) is 43.2 Å². The van der Waals surface area contributed by atoms with Crippen molar-refractivity contribution in [1.29, 1.82) is 0 Å². The summed E-state index contributed by atoms with van der Waals surface area (Å²) in [5.74, 6) is 0.620. The number of hydrogen-bond acceptors (Lipinski definition) is 2. The number of amides is 1. The second kappa shape index (κ2) is 4.63. The number of piperidine rings is 1. The molecule has 1 aromatic heterocycles. The summed E-state index contributed by atoms with van der Waals surface area (Å²) >= 11 is 0. The lowest BCUT2D eigenvalue weighted by molar-refractivity contribution is -0.134. The molecule has 2 atom stereocenters. The van der Waals surface area contributed by atoms with Crippen LogP contribution >= 0.6 is 0 Å². The summed E-state index contributed by atoms with van der Waals surface area (Å²) in [6, 6.07) is 8.55. The molecule has 1 fully saturated rings. The van der Waals surface area contributed by atoms with E-state index in [9.17, 15) is 9.90 Å². The van der Waals surface area contributed by atoms with Crippen LogP contribution in [0.2, 0.25) is 0 Å². The van der Waals surface area contributed by atoms with Crippen molar-refractivity contribution in [2.45, 2.75) is 38.1 Å². The zero-order valence-corrected chi connectivity index (χ0v) is 13.0. The molecule has 0 spiro atoms. The van der Waals surface area contributed by atoms with Crippen LogP contribution in [0.5, 0.6) is 0 Å². The summed E-state index contributed by atoms with van der Waals surface area (Å²) in [4.78, 5) is 18.5. The smallest absolute Gasteiger partial charge is 0.254 e. The van der Waals surface area contributed by atoms with Crippen LogP contribution < -0.4 is 0 Å². The molecule has 1 aromatic carbocycles. The summed E-state index contributed by atoms with van der Waals surface area (Å²) < 4.78 is 0. The van der Waals surface area contributed by atoms with Crippen LogP contribution in [0.3, 0.4) is 0 Å². The zero-order chi connectivity index (χ0) is 15.6. The number of aliphatic hydroxyl groups excluding tert-OH is 1. The Morgan fingerprint density at radius 3 is 3.00 bits per heavy atom. The van der Waals surface area contributed by atoms with E-state index in [0.29, 0.717) is 17.8 Å². The van der Waals surface area contributed by atoms with Crippen molar-refractivity contribution < 1.29 is 9.90 Å². The van der Waals surface area contributed by atoms with Gasteiger partial charge in [0.05, 0.1) is 11.6 Å². The highest BCUT2D eigenvalue weighted by Crippen LogP contribution is 2.46. The van der Waals surface area contributed by atoms with E-state index < -0.39 is 0 Å². The molecular formula is C19H20N2O2. The highest BCUT2D eigenvalue weighted by atomic mass is 16.3. The van der Waals surface area contributed by atoms with Crippen molar-refractivity contribution in [3.05, 3.63) is 46.9 Å². The quantitative estimate of drug-likeness (QED) is 0.781. The number of para-hydroxylation sites is 1. The van der Waals surface area contributed by atoms with Crippen LogP contribution in [0.25, 0.3) is 10.9 Å². The minimum Gasteiger partial charge on any atom is -0.512 e. The number of allylic oxidation sites excluding steroid dienone is 1. The molecule has 5 rings (SSSR count). The van der Waals surface area contributed by atoms with Gasteiger partial charge in [0.25, 0.3) is 5.91 Å². The van der Waals surface area contributed by atoms with Gasteiger partial charge in [-0.3, -0.25) is 4.79 Å². The van der Waals surface area contributed by atoms with Crippen molar-refractivity contribution in [3.63, 3.8) is 0 Å². The number of aliphatic hydroxyl groups is 1. The lowest BCUT2D eigenvalue weighted by atomic mass is 9.76. The lowest BCUT2D eigenvalue weighted by Crippen LogP contribution is -2.47. The van der Waals surface area contributed by atoms with Crippen LogP contribution in [0.1, 0.15) is 43.0 Å². The molecule has 3 heterocycles. The standard InChI is InChI=1S/C19H20N2O2/c22-16-7-3-4-11-10-15-18-13(8-9-21(15)19(23)17(11)16)12-5-1-2-6-14(12)20-18/h1-2,5-6,11,15,20,22H,3-4,7-10H2/t11-,15+/m0/s1. The third-order valence-electron chi connectivity index (χ3n) is 5.84. The average Bonchev–Trinajstić information content (AvgIpc) is 2.94. The number of benzene rings is 1. The summed E-state index contributed by atoms with van der Waals surface area (Å²) in [5.41, 5.74) is 4.46. The summed E-state index contributed by atoms with van der Waals surface area (Å²) in [5, 5.41) is 11.5. The number of nitrogens with zero attached hydrogens (tertiary/aromatic N) is 1. The van der Waals surface area contributed by atoms with E-state index in [4.69, 9.17) is 0 Å². The van der Waals surface area contributed by atoms with Gasteiger partial charge in [-0.15, -0.1) is 0 Å². The van der Waals surface area contributed by atoms with Crippen LogP contribution in [0.15, 0.2) is 35.6 Å². The van der Waals surface area contributed by atoms with Gasteiger partial charge < -0.3 is 15.0 Å². The molecule has 118 valence electrons. The number of fused-ring (bicyclic) bond motifs is 6. The fourth-order valence-corrected chi connectivity index (χ4v) is 4.80. The molecule has 0 saturated carbocycles. The maximum Gasteiger partial charge on any atom is 0.254 e. The average molecular weight is 308 g/mol. The number of carbonyl (C=O) groups is 1. The van der Waals surface area contributed by atoms with Crippen molar-refractivity contribution in [1.82, 2.24) is 9.88 Å². The Balaban J connectivity index is 1.64. The topological polar surface area (TPSA) is 56.3 Å². The van der Waals surface area contributed by atoms with E-state index in [2.05, 4.69) is 23.2 Å². The molecule has 0 radical (unpaired) electrons. The number of aromatic nitrogens is 1. The summed E-state index contributed by atoms with van der Waals surface area (Å²) in [7, 11) is 0. The first-order valence-electron chi connectivity index (χ1n) is 8.56. The fraction of sp³-hybridized carbons (Fsp3) is 0.421. The Labute approximate surface area is 134 Å². The molecule has 4 heteroatoms. The van der Waals surface area contributed by atoms with Crippen LogP contribution in [-0.2, 0) is 11.2 Å². The molecule has 2 aromatic rings. The highest BCUT2D eigenvalue weighted by Gasteiger charge is 2.44. The summed E-state index contributed by atoms with van der Waals surface area (Å²) in [6.07, 6.45) is 4.49. The van der Waals surface area contributed by atoms with Gasteiger partial charge in [-0.25, -0.2) is 0 Å². The molecule has 3 aliphatic rings. The normalized spacial score (nSPS) is 27.0. The maximum atomic E-state index is 12.9. The minimum absolute atomic E-state index is 0.0627. The van der Waals surface area contributed by atoms with Gasteiger partial charge in [-0.1, -0.05) is 18.2 Å². The fourth-order valence-electron chi connectivity index (χ4n) is 4.80. The molecule has 0 bridgehead atoms. The van der Waals surface area contributed by atoms with Crippen molar-refractivity contribution in [2.24, 2.45) is 5.92 Å². The Morgan fingerprint density at radius 2 is 2.09 bits per heavy atom. The van der Waals surface area contributed by atoms with Gasteiger partial charge >= 0.3 is 0 Å². The van der Waals surface area contributed by atoms with E-state index in [-0.39, 0.29) is 17.9 Å². The van der Waals surface area contributed by atoms with Crippen LogP contribution in [-0.4, -0.2) is 27.4 Å². The van der Waals surface area contributed by atoms with E-state index in [1.165, 1.54) is 22.2 Å². The minimum atomic E-state index is 0.0627. The van der Waals surface area contributed by atoms with Gasteiger partial charge in [0, 0.05) is 29.6 Å². The first-order chi connectivity index (χ1) is 11.2. The first kappa shape index (κ1) is 13.2. The second-order valence-electron chi connectivity index (χ2n) is 7.01. The number of nitrogens with one attached hydrogen (secondary N) is 1. The Morgan fingerprint density at radius 1 is 1.22 bits per heavy atom. The van der Waals surface area contributed by atoms with E-state index in [1.54, 1.807) is 0 Å². The molecule has 23 heavy (non-hydrogen) atoms. The van der Waals surface area contributed by atoms with Gasteiger partial charge in [-0.2, -0.15) is 0 Å². The largest absolute Gasteiger partial charge is 0.512 e. The van der Waals surface area contributed by atoms with E-state index in [1.807, 2.05) is 11.0 Å². The SMILES string of the molecule is O=C1C2=C(O)CCC[C@H]2C[C@@H]2c3[nH]c4ccccc4c3CCN12. The number of carbonyl (C=O) groups excluding carboxylic acids is 1. The molecule has 1 saturated heterocycles. The highest BCUT2D eigenvalue weighted by molar-refractivity contribution is 5.96. The van der Waals surface area contributed by atoms with E-state index in [0.717, 1.165) is 32.2 Å². The molecule has 0 unspecified atom stereocenters. The predicted octanol–water partition coefficient (Wildman–Crippen LogP) is 3.61. The zero-order valence-electron chi connectivity index (χ0n) is 13.0. The van der Waals surface area contributed by atoms with E-state index >= 15 is 0 Å². The number of hydrogen-bond donors (Lipinski definition) is 2. The van der Waals surface area contributed by atoms with Crippen LogP contribution in [0, 0.1) is 5.92 Å². The maximum absolute atomic E-state index is 12.9. The Hall–Kier alpha value is -2.23. The number of H-pyrrole nitrogens is 1. The van der Waals surface area contributed by atoms with Gasteiger partial charge in [0.2, 0.25) is 0 Å². The molecule has 1 aliphatic carbocycles. The van der Waals surface area contributed by atoms with Crippen molar-refractivity contribution >= 4 is 16.8 Å². The third-order valence-corrected chi connectivity index (χ3v) is 5.84. The number of aromatic amines is 1. The van der Waals surface area contributed by atoms with Gasteiger partial charge in [0.15, 0.2) is 0 Å². The third kappa shape index (κ3) is 1.75. The molecule has 2 aliphatic heterocycles. The second-order valence-corrected chi connectivity index (χ2v) is 7.01. The predicted molar refractivity (Wildman–Crippen MR) is 88.1 cm³/mol. The van der Waals surface area contributed by atoms with Crippen molar-refractivity contribution in [3.8, 4) is 0 Å². The molecule has 4 nitrogen and oxygen atoms in total. The molecule has 2 N–H and O–H groups in total. The Kier molecular flexibility index (Phi) is 2.67. The van der Waals surface area contributed by atoms with Crippen LogP contribution in [0.4, 0.5) is 0 Å². The molecule has 1 amide bonds. The monoisotopic (exact) mass is 308 g/mol. The Bertz CT molecular complexity index is 848. The lowest BCUT2D eigenvalue weighted by Gasteiger charge is -2.44. The molecular weight excluding hydrogens is 288 g/mol.